The van der Waals surface area contributed by atoms with Gasteiger partial charge >= 0.3 is 6.61 Å². The molecule has 0 fully saturated rings. The Bertz CT molecular complexity index is 1630. The van der Waals surface area contributed by atoms with Gasteiger partial charge in [0.15, 0.2) is 5.82 Å². The normalized spacial score (nSPS) is 12.0. The number of fused-ring (bicyclic) bond motifs is 1. The smallest absolute Gasteiger partial charge is 0.387 e. The lowest BCUT2D eigenvalue weighted by molar-refractivity contribution is -0.0505. The summed E-state index contributed by atoms with van der Waals surface area (Å²) in [7, 11) is 1.64. The van der Waals surface area contributed by atoms with Gasteiger partial charge in [-0.05, 0) is 67.3 Å². The molecule has 196 valence electrons. The summed E-state index contributed by atoms with van der Waals surface area (Å²) in [6, 6.07) is 12.5. The van der Waals surface area contributed by atoms with Crippen molar-refractivity contribution in [2.24, 2.45) is 7.05 Å². The van der Waals surface area contributed by atoms with Crippen molar-refractivity contribution in [3.05, 3.63) is 100 Å². The molecule has 3 aromatic heterocycles. The second-order valence-corrected chi connectivity index (χ2v) is 9.69. The minimum Gasteiger partial charge on any atom is -0.434 e. The van der Waals surface area contributed by atoms with E-state index in [2.05, 4.69) is 15.0 Å². The first kappa shape index (κ1) is 25.3. The van der Waals surface area contributed by atoms with Crippen LogP contribution in [0.3, 0.4) is 0 Å². The Hall–Kier alpha value is -4.31. The first-order valence-electron chi connectivity index (χ1n) is 12.0. The minimum absolute atomic E-state index is 0.0545. The molecule has 0 unspecified atom stereocenters. The SMILES string of the molecule is Cn1c(=O)c2ccc(-c3cnc(C(C)(C)O)nc3)cc2n1Cc1cc(Cc2cc[nH]c2)ccc1OC(F)F. The van der Waals surface area contributed by atoms with Gasteiger partial charge in [-0.1, -0.05) is 12.1 Å². The van der Waals surface area contributed by atoms with Crippen LogP contribution in [-0.2, 0) is 25.6 Å². The number of aromatic nitrogens is 5. The molecule has 0 saturated heterocycles. The maximum atomic E-state index is 13.2. The molecule has 5 rings (SSSR count). The molecule has 5 aromatic rings. The monoisotopic (exact) mass is 519 g/mol. The van der Waals surface area contributed by atoms with E-state index in [1.165, 1.54) is 4.68 Å². The number of ether oxygens (including phenoxy) is 1. The number of aromatic amines is 1. The van der Waals surface area contributed by atoms with E-state index in [4.69, 9.17) is 4.74 Å². The van der Waals surface area contributed by atoms with E-state index in [1.54, 1.807) is 62.2 Å². The minimum atomic E-state index is -2.98. The first-order chi connectivity index (χ1) is 18.1. The largest absolute Gasteiger partial charge is 0.434 e. The van der Waals surface area contributed by atoms with Gasteiger partial charge in [0.05, 0.1) is 17.4 Å². The van der Waals surface area contributed by atoms with E-state index in [0.29, 0.717) is 34.3 Å². The van der Waals surface area contributed by atoms with Crippen LogP contribution in [-0.4, -0.2) is 36.0 Å². The fraction of sp³-hybridized carbons (Fsp3) is 0.250. The summed E-state index contributed by atoms with van der Waals surface area (Å²) >= 11 is 0. The van der Waals surface area contributed by atoms with Crippen LogP contribution in [0.15, 0.2) is 72.0 Å². The Kier molecular flexibility index (Phi) is 6.58. The van der Waals surface area contributed by atoms with Crippen LogP contribution >= 0.6 is 0 Å². The lowest BCUT2D eigenvalue weighted by Gasteiger charge is -2.16. The van der Waals surface area contributed by atoms with Gasteiger partial charge < -0.3 is 14.8 Å². The number of H-pyrrole nitrogens is 1. The molecular weight excluding hydrogens is 492 g/mol. The molecule has 0 saturated carbocycles. The third-order valence-electron chi connectivity index (χ3n) is 6.43. The molecule has 0 spiro atoms. The highest BCUT2D eigenvalue weighted by molar-refractivity contribution is 5.84. The number of hydrogen-bond donors (Lipinski definition) is 2. The summed E-state index contributed by atoms with van der Waals surface area (Å²) in [6.07, 6.45) is 7.55. The van der Waals surface area contributed by atoms with Crippen molar-refractivity contribution < 1.29 is 18.6 Å². The zero-order valence-electron chi connectivity index (χ0n) is 21.2. The number of nitrogens with zero attached hydrogens (tertiary/aromatic N) is 4. The highest BCUT2D eigenvalue weighted by Crippen LogP contribution is 2.28. The molecule has 0 amide bonds. The Morgan fingerprint density at radius 2 is 1.82 bits per heavy atom. The zero-order valence-corrected chi connectivity index (χ0v) is 21.2. The van der Waals surface area contributed by atoms with Crippen molar-refractivity contribution >= 4 is 10.9 Å². The molecule has 0 radical (unpaired) electrons. The first-order valence-corrected chi connectivity index (χ1v) is 12.0. The standard InChI is InChI=1S/C28H27F2N5O3/c1-28(2,37)26-32-14-21(15-33-26)19-5-6-22-23(12-19)35(34(3)25(22)36)16-20-11-17(10-18-8-9-31-13-18)4-7-24(20)38-27(29)30/h4-9,11-15,27,31,37H,10,16H2,1-3H3. The molecule has 2 aromatic carbocycles. The summed E-state index contributed by atoms with van der Waals surface area (Å²) in [5, 5.41) is 10.6. The van der Waals surface area contributed by atoms with Crippen LogP contribution < -0.4 is 10.3 Å². The van der Waals surface area contributed by atoms with E-state index < -0.39 is 12.2 Å². The molecule has 8 nitrogen and oxygen atoms in total. The fourth-order valence-electron chi connectivity index (χ4n) is 4.48. The highest BCUT2D eigenvalue weighted by atomic mass is 19.3. The Morgan fingerprint density at radius 3 is 2.47 bits per heavy atom. The zero-order chi connectivity index (χ0) is 27.0. The van der Waals surface area contributed by atoms with Crippen molar-refractivity contribution in [1.82, 2.24) is 24.3 Å². The maximum absolute atomic E-state index is 13.2. The Labute approximate surface area is 217 Å². The van der Waals surface area contributed by atoms with Gasteiger partial charge in [-0.15, -0.1) is 0 Å². The highest BCUT2D eigenvalue weighted by Gasteiger charge is 2.20. The van der Waals surface area contributed by atoms with Gasteiger partial charge in [0, 0.05) is 43.0 Å². The number of rotatable bonds is 8. The number of hydrogen-bond acceptors (Lipinski definition) is 5. The summed E-state index contributed by atoms with van der Waals surface area (Å²) < 4.78 is 34.4. The number of halogens is 2. The molecule has 0 atom stereocenters. The number of nitrogens with one attached hydrogen (secondary N) is 1. The molecule has 0 aliphatic rings. The van der Waals surface area contributed by atoms with Crippen LogP contribution in [0.5, 0.6) is 5.75 Å². The molecular formula is C28H27F2N5O3. The van der Waals surface area contributed by atoms with Crippen LogP contribution in [0.4, 0.5) is 8.78 Å². The Morgan fingerprint density at radius 1 is 1.05 bits per heavy atom. The van der Waals surface area contributed by atoms with Gasteiger partial charge in [-0.2, -0.15) is 8.78 Å². The van der Waals surface area contributed by atoms with Crippen LogP contribution in [0.1, 0.15) is 36.4 Å². The lowest BCUT2D eigenvalue weighted by Crippen LogP contribution is -2.20. The van der Waals surface area contributed by atoms with Crippen LogP contribution in [0.25, 0.3) is 22.0 Å². The second kappa shape index (κ2) is 9.86. The van der Waals surface area contributed by atoms with E-state index in [0.717, 1.165) is 16.7 Å². The quantitative estimate of drug-likeness (QED) is 0.313. The molecule has 0 aliphatic carbocycles. The predicted molar refractivity (Wildman–Crippen MR) is 139 cm³/mol. The van der Waals surface area contributed by atoms with E-state index in [-0.39, 0.29) is 17.9 Å². The average molecular weight is 520 g/mol. The summed E-state index contributed by atoms with van der Waals surface area (Å²) in [5.41, 5.74) is 3.22. The van der Waals surface area contributed by atoms with E-state index in [9.17, 15) is 18.7 Å². The third kappa shape index (κ3) is 5.08. The molecule has 3 heterocycles. The van der Waals surface area contributed by atoms with Crippen molar-refractivity contribution in [3.8, 4) is 16.9 Å². The van der Waals surface area contributed by atoms with Gasteiger partial charge in [0.25, 0.3) is 5.56 Å². The summed E-state index contributed by atoms with van der Waals surface area (Å²) in [5.74, 6) is 0.351. The summed E-state index contributed by atoms with van der Waals surface area (Å²) in [6.45, 7) is 0.370. The van der Waals surface area contributed by atoms with Gasteiger partial charge in [0.2, 0.25) is 0 Å². The Balaban J connectivity index is 1.56. The van der Waals surface area contributed by atoms with Crippen molar-refractivity contribution in [2.75, 3.05) is 0 Å². The topological polar surface area (TPSA) is 98.0 Å². The van der Waals surface area contributed by atoms with E-state index in [1.807, 2.05) is 30.6 Å². The number of benzene rings is 2. The average Bonchev–Trinajstić information content (AvgIpc) is 3.47. The fourth-order valence-corrected chi connectivity index (χ4v) is 4.48. The molecule has 2 N–H and O–H groups in total. The van der Waals surface area contributed by atoms with Gasteiger partial charge in [-0.25, -0.2) is 9.97 Å². The number of aliphatic hydroxyl groups is 1. The lowest BCUT2D eigenvalue weighted by atomic mass is 10.0. The van der Waals surface area contributed by atoms with Crippen LogP contribution in [0, 0.1) is 0 Å². The molecule has 0 bridgehead atoms. The molecule has 38 heavy (non-hydrogen) atoms. The maximum Gasteiger partial charge on any atom is 0.387 e. The molecule has 0 aliphatic heterocycles. The van der Waals surface area contributed by atoms with Gasteiger partial charge in [-0.3, -0.25) is 14.2 Å². The van der Waals surface area contributed by atoms with Crippen LogP contribution in [0.2, 0.25) is 0 Å². The number of alkyl halides is 2. The van der Waals surface area contributed by atoms with Crippen molar-refractivity contribution in [3.63, 3.8) is 0 Å². The predicted octanol–water partition coefficient (Wildman–Crippen LogP) is 4.59. The van der Waals surface area contributed by atoms with Gasteiger partial charge in [0.1, 0.15) is 11.4 Å². The third-order valence-corrected chi connectivity index (χ3v) is 6.43. The second-order valence-electron chi connectivity index (χ2n) is 9.69. The van der Waals surface area contributed by atoms with Crippen molar-refractivity contribution in [1.29, 1.82) is 0 Å². The van der Waals surface area contributed by atoms with E-state index >= 15 is 0 Å². The molecule has 10 heteroatoms. The van der Waals surface area contributed by atoms with Crippen molar-refractivity contribution in [2.45, 2.75) is 39.0 Å². The summed E-state index contributed by atoms with van der Waals surface area (Å²) in [4.78, 5) is 24.6.